The van der Waals surface area contributed by atoms with Gasteiger partial charge in [-0.1, -0.05) is 26.0 Å². The Hall–Kier alpha value is -1.71. The van der Waals surface area contributed by atoms with Crippen LogP contribution in [0, 0.1) is 5.92 Å². The molecule has 0 saturated carbocycles. The first-order valence-corrected chi connectivity index (χ1v) is 9.95. The molecule has 26 heavy (non-hydrogen) atoms. The fourth-order valence-corrected chi connectivity index (χ4v) is 5.47. The Morgan fingerprint density at radius 1 is 1.42 bits per heavy atom. The molecule has 1 aromatic carbocycles. The summed E-state index contributed by atoms with van der Waals surface area (Å²) >= 11 is 0. The van der Waals surface area contributed by atoms with Gasteiger partial charge >= 0.3 is 5.97 Å². The van der Waals surface area contributed by atoms with Gasteiger partial charge in [0.25, 0.3) is 0 Å². The monoisotopic (exact) mass is 373 g/mol. The molecule has 1 aliphatic heterocycles. The first kappa shape index (κ1) is 17.7. The molecular weight excluding hydrogens is 349 g/mol. The molecule has 1 aromatic rings. The van der Waals surface area contributed by atoms with Crippen molar-refractivity contribution in [3.8, 4) is 5.75 Å². The zero-order chi connectivity index (χ0) is 18.6. The Kier molecular flexibility index (Phi) is 4.20. The third-order valence-electron chi connectivity index (χ3n) is 6.41. The van der Waals surface area contributed by atoms with Crippen LogP contribution in [0.2, 0.25) is 0 Å². The lowest BCUT2D eigenvalue weighted by Gasteiger charge is -2.50. The summed E-state index contributed by atoms with van der Waals surface area (Å²) in [5, 5.41) is 0.669. The number of nitrogens with zero attached hydrogens (tertiary/aromatic N) is 1. The van der Waals surface area contributed by atoms with Crippen LogP contribution in [-0.2, 0) is 25.9 Å². The molecule has 5 atom stereocenters. The van der Waals surface area contributed by atoms with Gasteiger partial charge in [0, 0.05) is 29.9 Å². The molecule has 0 fully saturated rings. The van der Waals surface area contributed by atoms with E-state index in [1.54, 1.807) is 0 Å². The van der Waals surface area contributed by atoms with Gasteiger partial charge in [-0.3, -0.25) is 9.36 Å². The van der Waals surface area contributed by atoms with E-state index < -0.39 is 6.10 Å². The van der Waals surface area contributed by atoms with Crippen LogP contribution in [-0.4, -0.2) is 42.7 Å². The Morgan fingerprint density at radius 2 is 2.19 bits per heavy atom. The molecule has 0 aromatic heterocycles. The van der Waals surface area contributed by atoms with E-state index in [-0.39, 0.29) is 31.9 Å². The van der Waals surface area contributed by atoms with Crippen LogP contribution in [0.15, 0.2) is 24.3 Å². The molecule has 0 amide bonds. The molecular formula is C20H24NO4P. The van der Waals surface area contributed by atoms with Crippen LogP contribution in [0.25, 0.3) is 0 Å². The summed E-state index contributed by atoms with van der Waals surface area (Å²) in [4.78, 5) is 14.0. The zero-order valence-corrected chi connectivity index (χ0v) is 16.5. The Labute approximate surface area is 155 Å². The van der Waals surface area contributed by atoms with Gasteiger partial charge in [0.15, 0.2) is 14.6 Å². The fourth-order valence-electron chi connectivity index (χ4n) is 5.09. The molecule has 138 valence electrons. The second-order valence-electron chi connectivity index (χ2n) is 7.69. The summed E-state index contributed by atoms with van der Waals surface area (Å²) in [6, 6.07) is 4.32. The lowest BCUT2D eigenvalue weighted by molar-refractivity contribution is -0.150. The van der Waals surface area contributed by atoms with Crippen LogP contribution >= 0.6 is 8.46 Å². The normalized spacial score (nSPS) is 33.9. The van der Waals surface area contributed by atoms with Gasteiger partial charge in [-0.15, -0.1) is 0 Å². The quantitative estimate of drug-likeness (QED) is 0.461. The number of esters is 1. The summed E-state index contributed by atoms with van der Waals surface area (Å²) in [6.45, 7) is 6.76. The number of hydrogen-bond acceptors (Lipinski definition) is 5. The van der Waals surface area contributed by atoms with Gasteiger partial charge in [0.1, 0.15) is 11.9 Å². The minimum absolute atomic E-state index is 0.0485. The molecule has 0 spiro atoms. The first-order valence-electron chi connectivity index (χ1n) is 9.14. The smallest absolute Gasteiger partial charge is 0.303 e. The second-order valence-corrected chi connectivity index (χ2v) is 8.35. The van der Waals surface area contributed by atoms with E-state index in [1.807, 2.05) is 12.1 Å². The maximum Gasteiger partial charge on any atom is 0.303 e. The molecule has 4 rings (SSSR count). The van der Waals surface area contributed by atoms with Gasteiger partial charge < -0.3 is 14.4 Å². The maximum atomic E-state index is 11.7. The van der Waals surface area contributed by atoms with Crippen LogP contribution in [0.3, 0.4) is 0 Å². The number of hydrogen-bond donors (Lipinski definition) is 0. The van der Waals surface area contributed by atoms with E-state index in [0.29, 0.717) is 11.3 Å². The second kappa shape index (κ2) is 6.17. The van der Waals surface area contributed by atoms with Crippen molar-refractivity contribution < 1.29 is 18.8 Å². The standard InChI is InChI=1S/C20H24NO4P/c1-5-21(4)14-10-12-6-9-16(26-23)18-17(12)20(3)13(14)7-8-15(19(20)25-18)24-11(2)22/h6-9,13-15,19H,5,10H2,1-4H3/t13-,14+,15-,19?,20-/m0/s1. The maximum absolute atomic E-state index is 11.7. The van der Waals surface area contributed by atoms with Crippen LogP contribution in [0.1, 0.15) is 31.9 Å². The summed E-state index contributed by atoms with van der Waals surface area (Å²) < 4.78 is 23.6. The first-order chi connectivity index (χ1) is 12.4. The highest BCUT2D eigenvalue weighted by atomic mass is 31.1. The van der Waals surface area contributed by atoms with Gasteiger partial charge in [-0.25, -0.2) is 0 Å². The molecule has 1 unspecified atom stereocenters. The highest BCUT2D eigenvalue weighted by Crippen LogP contribution is 2.57. The highest BCUT2D eigenvalue weighted by Gasteiger charge is 2.60. The predicted octanol–water partition coefficient (Wildman–Crippen LogP) is 2.62. The van der Waals surface area contributed by atoms with Crippen molar-refractivity contribution in [3.63, 3.8) is 0 Å². The van der Waals surface area contributed by atoms with Crippen molar-refractivity contribution in [2.45, 2.75) is 50.9 Å². The number of carbonyl (C=O) groups is 1. The average molecular weight is 373 g/mol. The number of ether oxygens (including phenoxy) is 2. The number of rotatable bonds is 4. The van der Waals surface area contributed by atoms with E-state index in [0.717, 1.165) is 24.3 Å². The van der Waals surface area contributed by atoms with Gasteiger partial charge in [-0.05, 0) is 37.7 Å². The third-order valence-corrected chi connectivity index (χ3v) is 6.95. The van der Waals surface area contributed by atoms with Crippen molar-refractivity contribution in [1.82, 2.24) is 4.90 Å². The van der Waals surface area contributed by atoms with Crippen molar-refractivity contribution in [2.24, 2.45) is 5.92 Å². The van der Waals surface area contributed by atoms with Crippen molar-refractivity contribution in [3.05, 3.63) is 35.4 Å². The summed E-state index contributed by atoms with van der Waals surface area (Å²) in [6.07, 6.45) is 4.37. The molecule has 5 nitrogen and oxygen atoms in total. The predicted molar refractivity (Wildman–Crippen MR) is 99.4 cm³/mol. The fraction of sp³-hybridized carbons (Fsp3) is 0.550. The van der Waals surface area contributed by atoms with E-state index in [2.05, 4.69) is 37.9 Å². The molecule has 3 aliphatic rings. The molecule has 0 radical (unpaired) electrons. The summed E-state index contributed by atoms with van der Waals surface area (Å²) in [5.41, 5.74) is 2.08. The van der Waals surface area contributed by atoms with Crippen LogP contribution in [0.4, 0.5) is 0 Å². The number of carbonyl (C=O) groups excluding carboxylic acids is 1. The highest BCUT2D eigenvalue weighted by molar-refractivity contribution is 7.34. The Balaban J connectivity index is 1.91. The topological polar surface area (TPSA) is 55.8 Å². The average Bonchev–Trinajstić information content (AvgIpc) is 2.94. The Bertz CT molecular complexity index is 807. The van der Waals surface area contributed by atoms with Crippen LogP contribution < -0.4 is 10.0 Å². The zero-order valence-electron chi connectivity index (χ0n) is 15.6. The molecule has 0 saturated heterocycles. The lowest BCUT2D eigenvalue weighted by atomic mass is 9.57. The number of likely N-dealkylation sites (N-methyl/N-ethyl adjacent to an activating group) is 1. The molecule has 2 aliphatic carbocycles. The van der Waals surface area contributed by atoms with E-state index in [9.17, 15) is 9.36 Å². The molecule has 1 heterocycles. The Morgan fingerprint density at radius 3 is 2.85 bits per heavy atom. The van der Waals surface area contributed by atoms with Crippen molar-refractivity contribution in [2.75, 3.05) is 13.6 Å². The lowest BCUT2D eigenvalue weighted by Crippen LogP contribution is -2.59. The summed E-state index contributed by atoms with van der Waals surface area (Å²) in [5.74, 6) is 0.647. The van der Waals surface area contributed by atoms with Crippen LogP contribution in [0.5, 0.6) is 5.75 Å². The minimum atomic E-state index is -0.434. The van der Waals surface area contributed by atoms with Crippen molar-refractivity contribution >= 4 is 19.7 Å². The minimum Gasteiger partial charge on any atom is -0.484 e. The van der Waals surface area contributed by atoms with Crippen molar-refractivity contribution in [1.29, 1.82) is 0 Å². The van der Waals surface area contributed by atoms with E-state index in [4.69, 9.17) is 9.47 Å². The molecule has 0 bridgehead atoms. The molecule has 0 N–H and O–H groups in total. The van der Waals surface area contributed by atoms with E-state index >= 15 is 0 Å². The van der Waals surface area contributed by atoms with E-state index in [1.165, 1.54) is 12.5 Å². The third kappa shape index (κ3) is 2.30. The van der Waals surface area contributed by atoms with Gasteiger partial charge in [-0.2, -0.15) is 0 Å². The summed E-state index contributed by atoms with van der Waals surface area (Å²) in [7, 11) is 2.11. The van der Waals surface area contributed by atoms with Gasteiger partial charge in [0.05, 0.1) is 5.30 Å². The van der Waals surface area contributed by atoms with Gasteiger partial charge in [0.2, 0.25) is 0 Å². The largest absolute Gasteiger partial charge is 0.484 e. The number of benzene rings is 1. The SMILES string of the molecule is CCN(C)[C@@H]1Cc2ccc(P=O)c3c2[C@@]2(C)C(O3)[C@@H](OC(C)=O)C=C[C@@H]12. The molecule has 6 heteroatoms.